The molecule has 1 aliphatic rings. The zero-order valence-electron chi connectivity index (χ0n) is 11.4. The highest BCUT2D eigenvalue weighted by Gasteiger charge is 2.30. The average Bonchev–Trinajstić information content (AvgIpc) is 2.92. The summed E-state index contributed by atoms with van der Waals surface area (Å²) in [5, 5.41) is 0. The fourth-order valence-corrected chi connectivity index (χ4v) is 2.66. The maximum Gasteiger partial charge on any atom is 0.326 e. The molecule has 1 unspecified atom stereocenters. The normalized spacial score (nSPS) is 17.6. The standard InChI is InChI=1S/C13H15N5O3/c1-7-8-3-2-4-17(8)5-6-18(7)12(20)10-9(14)11(19)16-13(21)15-10/h2-4,7H,5-6,14H2,1H3,(H2,15,16,19,21). The summed E-state index contributed by atoms with van der Waals surface area (Å²) in [4.78, 5) is 41.3. The monoisotopic (exact) mass is 289 g/mol. The van der Waals surface area contributed by atoms with Gasteiger partial charge in [0.15, 0.2) is 0 Å². The number of hydrogen-bond donors (Lipinski definition) is 3. The molecule has 2 aromatic heterocycles. The lowest BCUT2D eigenvalue weighted by atomic mass is 10.1. The zero-order valence-corrected chi connectivity index (χ0v) is 11.4. The third-order valence-corrected chi connectivity index (χ3v) is 3.80. The Morgan fingerprint density at radius 3 is 2.86 bits per heavy atom. The second-order valence-electron chi connectivity index (χ2n) is 5.00. The molecule has 21 heavy (non-hydrogen) atoms. The van der Waals surface area contributed by atoms with Crippen LogP contribution in [0.3, 0.4) is 0 Å². The van der Waals surface area contributed by atoms with Crippen LogP contribution in [0.2, 0.25) is 0 Å². The lowest BCUT2D eigenvalue weighted by Gasteiger charge is -2.34. The smallest absolute Gasteiger partial charge is 0.326 e. The lowest BCUT2D eigenvalue weighted by molar-refractivity contribution is 0.0638. The van der Waals surface area contributed by atoms with E-state index in [-0.39, 0.29) is 17.4 Å². The Kier molecular flexibility index (Phi) is 2.93. The molecule has 8 heteroatoms. The Morgan fingerprint density at radius 1 is 1.33 bits per heavy atom. The van der Waals surface area contributed by atoms with Gasteiger partial charge in [0.1, 0.15) is 11.4 Å². The molecule has 1 atom stereocenters. The summed E-state index contributed by atoms with van der Waals surface area (Å²) < 4.78 is 2.07. The van der Waals surface area contributed by atoms with Crippen LogP contribution in [0.1, 0.15) is 29.1 Å². The summed E-state index contributed by atoms with van der Waals surface area (Å²) in [6, 6.07) is 3.69. The van der Waals surface area contributed by atoms with Crippen molar-refractivity contribution in [3.05, 3.63) is 50.6 Å². The van der Waals surface area contributed by atoms with Crippen molar-refractivity contribution in [3.8, 4) is 0 Å². The highest BCUT2D eigenvalue weighted by molar-refractivity contribution is 5.97. The van der Waals surface area contributed by atoms with Crippen molar-refractivity contribution in [1.29, 1.82) is 0 Å². The second kappa shape index (κ2) is 4.65. The van der Waals surface area contributed by atoms with E-state index in [9.17, 15) is 14.4 Å². The number of nitrogens with zero attached hydrogens (tertiary/aromatic N) is 2. The average molecular weight is 289 g/mol. The van der Waals surface area contributed by atoms with Crippen LogP contribution in [0.25, 0.3) is 0 Å². The van der Waals surface area contributed by atoms with Gasteiger partial charge in [0.25, 0.3) is 11.5 Å². The zero-order chi connectivity index (χ0) is 15.1. The van der Waals surface area contributed by atoms with Crippen LogP contribution >= 0.6 is 0 Å². The van der Waals surface area contributed by atoms with Crippen LogP contribution in [-0.4, -0.2) is 31.9 Å². The number of H-pyrrole nitrogens is 2. The molecule has 0 bridgehead atoms. The molecular weight excluding hydrogens is 274 g/mol. The second-order valence-corrected chi connectivity index (χ2v) is 5.00. The predicted octanol–water partition coefficient (Wildman–Crippen LogP) is -0.336. The Morgan fingerprint density at radius 2 is 2.10 bits per heavy atom. The number of aromatic amines is 2. The number of amides is 1. The van der Waals surface area contributed by atoms with E-state index in [4.69, 9.17) is 5.73 Å². The quantitative estimate of drug-likeness (QED) is 0.666. The van der Waals surface area contributed by atoms with Gasteiger partial charge in [-0.25, -0.2) is 4.79 Å². The Bertz CT molecular complexity index is 816. The van der Waals surface area contributed by atoms with Crippen molar-refractivity contribution in [1.82, 2.24) is 19.4 Å². The SMILES string of the molecule is CC1c2cccn2CCN1C(=O)c1[nH]c(=O)[nH]c(=O)c1N. The van der Waals surface area contributed by atoms with Crippen LogP contribution in [-0.2, 0) is 6.54 Å². The summed E-state index contributed by atoms with van der Waals surface area (Å²) in [5.74, 6) is -0.448. The van der Waals surface area contributed by atoms with Crippen LogP contribution < -0.4 is 17.0 Å². The molecule has 2 aromatic rings. The largest absolute Gasteiger partial charge is 0.392 e. The number of anilines is 1. The fraction of sp³-hybridized carbons (Fsp3) is 0.308. The minimum absolute atomic E-state index is 0.157. The van der Waals surface area contributed by atoms with E-state index in [1.165, 1.54) is 0 Å². The number of aromatic nitrogens is 3. The molecule has 3 rings (SSSR count). The van der Waals surface area contributed by atoms with Crippen LogP contribution in [0, 0.1) is 0 Å². The molecule has 1 amide bonds. The fourth-order valence-electron chi connectivity index (χ4n) is 2.66. The van der Waals surface area contributed by atoms with Crippen molar-refractivity contribution >= 4 is 11.6 Å². The van der Waals surface area contributed by atoms with Gasteiger partial charge in [-0.3, -0.25) is 14.6 Å². The highest BCUT2D eigenvalue weighted by atomic mass is 16.2. The molecule has 3 heterocycles. The van der Waals surface area contributed by atoms with E-state index >= 15 is 0 Å². The molecule has 8 nitrogen and oxygen atoms in total. The maximum atomic E-state index is 12.6. The van der Waals surface area contributed by atoms with Crippen molar-refractivity contribution in [2.24, 2.45) is 0 Å². The maximum absolute atomic E-state index is 12.6. The van der Waals surface area contributed by atoms with E-state index in [0.717, 1.165) is 5.69 Å². The first-order valence-electron chi connectivity index (χ1n) is 6.57. The third-order valence-electron chi connectivity index (χ3n) is 3.80. The number of rotatable bonds is 1. The molecule has 110 valence electrons. The van der Waals surface area contributed by atoms with E-state index in [0.29, 0.717) is 13.1 Å². The summed E-state index contributed by atoms with van der Waals surface area (Å²) >= 11 is 0. The van der Waals surface area contributed by atoms with Gasteiger partial charge in [0.2, 0.25) is 0 Å². The topological polar surface area (TPSA) is 117 Å². The van der Waals surface area contributed by atoms with Crippen molar-refractivity contribution < 1.29 is 4.79 Å². The number of hydrogen-bond acceptors (Lipinski definition) is 4. The van der Waals surface area contributed by atoms with E-state index in [1.807, 2.05) is 30.2 Å². The van der Waals surface area contributed by atoms with Gasteiger partial charge in [-0.15, -0.1) is 0 Å². The summed E-state index contributed by atoms with van der Waals surface area (Å²) in [5.41, 5.74) is 4.69. The van der Waals surface area contributed by atoms with Crippen LogP contribution in [0.15, 0.2) is 27.9 Å². The molecule has 0 saturated carbocycles. The lowest BCUT2D eigenvalue weighted by Crippen LogP contribution is -2.43. The highest BCUT2D eigenvalue weighted by Crippen LogP contribution is 2.26. The Hall–Kier alpha value is -2.77. The molecule has 0 radical (unpaired) electrons. The molecule has 0 saturated heterocycles. The molecular formula is C13H15N5O3. The van der Waals surface area contributed by atoms with Gasteiger partial charge in [-0.1, -0.05) is 0 Å². The number of nitrogens with two attached hydrogens (primary N) is 1. The minimum Gasteiger partial charge on any atom is -0.392 e. The molecule has 0 aliphatic carbocycles. The summed E-state index contributed by atoms with van der Waals surface area (Å²) in [6.45, 7) is 3.03. The summed E-state index contributed by atoms with van der Waals surface area (Å²) in [6.07, 6.45) is 1.96. The van der Waals surface area contributed by atoms with Crippen LogP contribution in [0.4, 0.5) is 5.69 Å². The van der Waals surface area contributed by atoms with Gasteiger partial charge in [0.05, 0.1) is 6.04 Å². The predicted molar refractivity (Wildman–Crippen MR) is 76.0 cm³/mol. The molecule has 1 aliphatic heterocycles. The third kappa shape index (κ3) is 2.04. The van der Waals surface area contributed by atoms with E-state index in [2.05, 4.69) is 9.55 Å². The van der Waals surface area contributed by atoms with Crippen molar-refractivity contribution in [3.63, 3.8) is 0 Å². The number of nitrogen functional groups attached to an aromatic ring is 1. The molecule has 0 fully saturated rings. The van der Waals surface area contributed by atoms with Gasteiger partial charge < -0.3 is 20.2 Å². The molecule has 0 spiro atoms. The number of carbonyl (C=O) groups is 1. The summed E-state index contributed by atoms with van der Waals surface area (Å²) in [7, 11) is 0. The van der Waals surface area contributed by atoms with Crippen LogP contribution in [0.5, 0.6) is 0 Å². The number of nitrogens with one attached hydrogen (secondary N) is 2. The van der Waals surface area contributed by atoms with Crippen molar-refractivity contribution in [2.75, 3.05) is 12.3 Å². The first-order valence-corrected chi connectivity index (χ1v) is 6.57. The van der Waals surface area contributed by atoms with E-state index < -0.39 is 17.2 Å². The Labute approximate surface area is 119 Å². The minimum atomic E-state index is -0.755. The van der Waals surface area contributed by atoms with Gasteiger partial charge in [-0.2, -0.15) is 0 Å². The number of carbonyl (C=O) groups excluding carboxylic acids is 1. The van der Waals surface area contributed by atoms with Gasteiger partial charge >= 0.3 is 5.69 Å². The van der Waals surface area contributed by atoms with E-state index in [1.54, 1.807) is 4.90 Å². The Balaban J connectivity index is 2.01. The molecule has 4 N–H and O–H groups in total. The van der Waals surface area contributed by atoms with Gasteiger partial charge in [-0.05, 0) is 19.1 Å². The first kappa shape index (κ1) is 13.2. The number of fused-ring (bicyclic) bond motifs is 1. The molecule has 0 aromatic carbocycles. The van der Waals surface area contributed by atoms with Gasteiger partial charge in [0, 0.05) is 25.0 Å². The van der Waals surface area contributed by atoms with Crippen molar-refractivity contribution in [2.45, 2.75) is 19.5 Å². The first-order chi connectivity index (χ1) is 9.99.